The Balaban J connectivity index is 1.61. The Morgan fingerprint density at radius 3 is 2.88 bits per heavy atom. The molecule has 1 aromatic carbocycles. The summed E-state index contributed by atoms with van der Waals surface area (Å²) in [6.07, 6.45) is 1.90. The summed E-state index contributed by atoms with van der Waals surface area (Å²) < 4.78 is 34.5. The molecule has 0 radical (unpaired) electrons. The second-order valence-electron chi connectivity index (χ2n) is 6.15. The summed E-state index contributed by atoms with van der Waals surface area (Å²) in [7, 11) is -3.42. The topological polar surface area (TPSA) is 90.2 Å². The number of fused-ring (bicyclic) bond motifs is 2. The third kappa shape index (κ3) is 3.63. The van der Waals surface area contributed by atoms with Crippen molar-refractivity contribution < 1.29 is 13.2 Å². The molecule has 0 N–H and O–H groups in total. The van der Waals surface area contributed by atoms with Gasteiger partial charge in [0.05, 0.1) is 42.8 Å². The van der Waals surface area contributed by atoms with Crippen LogP contribution < -0.4 is 0 Å². The average Bonchev–Trinajstić information content (AvgIpc) is 3.09. The number of nitrogens with zero attached hydrogens (tertiary/aromatic N) is 5. The molecule has 3 aromatic rings. The molecule has 8 nitrogen and oxygen atoms in total. The molecular formula is C16H19N5O3S2. The van der Waals surface area contributed by atoms with Crippen LogP contribution in [0.4, 0.5) is 0 Å². The van der Waals surface area contributed by atoms with Gasteiger partial charge in [0.1, 0.15) is 16.7 Å². The van der Waals surface area contributed by atoms with Crippen molar-refractivity contribution in [1.29, 1.82) is 0 Å². The van der Waals surface area contributed by atoms with Crippen molar-refractivity contribution in [2.75, 3.05) is 19.5 Å². The number of ether oxygens (including phenoxy) is 1. The lowest BCUT2D eigenvalue weighted by Gasteiger charge is -2.18. The van der Waals surface area contributed by atoms with Crippen LogP contribution in [0, 0.1) is 0 Å². The molecule has 0 fully saturated rings. The molecule has 0 saturated carbocycles. The van der Waals surface area contributed by atoms with Gasteiger partial charge in [-0.3, -0.25) is 0 Å². The maximum Gasteiger partial charge on any atom is 0.212 e. The molecule has 0 aliphatic carbocycles. The van der Waals surface area contributed by atoms with Crippen molar-refractivity contribution >= 4 is 31.6 Å². The third-order valence-corrected chi connectivity index (χ3v) is 6.49. The van der Waals surface area contributed by atoms with Crippen molar-refractivity contribution in [3.05, 3.63) is 40.9 Å². The fourth-order valence-electron chi connectivity index (χ4n) is 2.94. The Kier molecular flexibility index (Phi) is 4.74. The summed E-state index contributed by atoms with van der Waals surface area (Å²) in [4.78, 5) is 4.55. The molecular weight excluding hydrogens is 374 g/mol. The second-order valence-corrected chi connectivity index (χ2v) is 9.25. The van der Waals surface area contributed by atoms with Gasteiger partial charge in [-0.2, -0.15) is 4.31 Å². The molecule has 1 aliphatic heterocycles. The van der Waals surface area contributed by atoms with Gasteiger partial charge in [0.15, 0.2) is 0 Å². The summed E-state index contributed by atoms with van der Waals surface area (Å²) in [5.74, 6) is 1.47. The van der Waals surface area contributed by atoms with Crippen molar-refractivity contribution in [2.45, 2.75) is 26.1 Å². The number of hydrogen-bond donors (Lipinski definition) is 0. The van der Waals surface area contributed by atoms with Crippen LogP contribution in [0.25, 0.3) is 10.2 Å². The molecule has 0 unspecified atom stereocenters. The van der Waals surface area contributed by atoms with Gasteiger partial charge in [-0.15, -0.1) is 21.5 Å². The highest BCUT2D eigenvalue weighted by Crippen LogP contribution is 2.24. The highest BCUT2D eigenvalue weighted by molar-refractivity contribution is 7.88. The van der Waals surface area contributed by atoms with E-state index in [9.17, 15) is 8.42 Å². The Hall–Kier alpha value is -1.88. The number of benzene rings is 1. The SMILES string of the molecule is CS(=O)(=O)N(Cc1nc2ccccc2s1)Cc1nnc2n1CCOCC2. The molecule has 10 heteroatoms. The minimum Gasteiger partial charge on any atom is -0.379 e. The predicted octanol–water partition coefficient (Wildman–Crippen LogP) is 1.42. The average molecular weight is 393 g/mol. The zero-order valence-corrected chi connectivity index (χ0v) is 16.0. The van der Waals surface area contributed by atoms with Crippen LogP contribution in [0.3, 0.4) is 0 Å². The van der Waals surface area contributed by atoms with E-state index in [1.807, 2.05) is 28.8 Å². The largest absolute Gasteiger partial charge is 0.379 e. The van der Waals surface area contributed by atoms with Crippen molar-refractivity contribution in [3.8, 4) is 0 Å². The number of sulfonamides is 1. The molecule has 0 spiro atoms. The van der Waals surface area contributed by atoms with Gasteiger partial charge in [0, 0.05) is 13.0 Å². The maximum atomic E-state index is 12.3. The van der Waals surface area contributed by atoms with Crippen LogP contribution in [-0.4, -0.2) is 51.9 Å². The van der Waals surface area contributed by atoms with E-state index in [-0.39, 0.29) is 13.1 Å². The summed E-state index contributed by atoms with van der Waals surface area (Å²) in [6, 6.07) is 7.79. The van der Waals surface area contributed by atoms with Crippen LogP contribution in [-0.2, 0) is 40.8 Å². The second kappa shape index (κ2) is 7.03. The molecule has 2 aromatic heterocycles. The fraction of sp³-hybridized carbons (Fsp3) is 0.438. The maximum absolute atomic E-state index is 12.3. The van der Waals surface area contributed by atoms with Gasteiger partial charge in [0.2, 0.25) is 10.0 Å². The first-order valence-corrected chi connectivity index (χ1v) is 11.0. The molecule has 1 aliphatic rings. The molecule has 4 rings (SSSR count). The lowest BCUT2D eigenvalue weighted by Crippen LogP contribution is -2.30. The number of rotatable bonds is 5. The standard InChI is InChI=1S/C16H19N5O3S2/c1-26(22,23)20(11-16-17-12-4-2-3-5-13(12)25-16)10-15-19-18-14-6-8-24-9-7-21(14)15/h2-5H,6-11H2,1H3. The van der Waals surface area contributed by atoms with Crippen LogP contribution in [0.5, 0.6) is 0 Å². The summed E-state index contributed by atoms with van der Waals surface area (Å²) >= 11 is 1.51. The Bertz CT molecular complexity index is 995. The lowest BCUT2D eigenvalue weighted by atomic mass is 10.3. The van der Waals surface area contributed by atoms with Gasteiger partial charge in [-0.1, -0.05) is 12.1 Å². The first kappa shape index (κ1) is 17.5. The fourth-order valence-corrected chi connectivity index (χ4v) is 4.71. The molecule has 26 heavy (non-hydrogen) atoms. The first-order chi connectivity index (χ1) is 12.5. The van der Waals surface area contributed by atoms with Gasteiger partial charge < -0.3 is 9.30 Å². The smallest absolute Gasteiger partial charge is 0.212 e. The molecule has 0 amide bonds. The number of hydrogen-bond acceptors (Lipinski definition) is 7. The van der Waals surface area contributed by atoms with Crippen molar-refractivity contribution in [3.63, 3.8) is 0 Å². The van der Waals surface area contributed by atoms with Crippen LogP contribution in [0.1, 0.15) is 16.7 Å². The predicted molar refractivity (Wildman–Crippen MR) is 98.3 cm³/mol. The van der Waals surface area contributed by atoms with E-state index < -0.39 is 10.0 Å². The number of aromatic nitrogens is 4. The summed E-state index contributed by atoms with van der Waals surface area (Å²) in [5, 5.41) is 9.16. The number of para-hydroxylation sites is 1. The third-order valence-electron chi connectivity index (χ3n) is 4.27. The van der Waals surface area contributed by atoms with E-state index in [2.05, 4.69) is 15.2 Å². The van der Waals surface area contributed by atoms with Gasteiger partial charge in [-0.05, 0) is 12.1 Å². The van der Waals surface area contributed by atoms with E-state index in [1.54, 1.807) is 0 Å². The quantitative estimate of drug-likeness (QED) is 0.651. The summed E-state index contributed by atoms with van der Waals surface area (Å²) in [6.45, 7) is 2.21. The molecule has 0 bridgehead atoms. The Morgan fingerprint density at radius 1 is 1.23 bits per heavy atom. The zero-order chi connectivity index (χ0) is 18.1. The Labute approximate surface area is 155 Å². The molecule has 3 heterocycles. The van der Waals surface area contributed by atoms with Gasteiger partial charge in [0.25, 0.3) is 0 Å². The van der Waals surface area contributed by atoms with Crippen molar-refractivity contribution in [2.24, 2.45) is 0 Å². The van der Waals surface area contributed by atoms with E-state index in [4.69, 9.17) is 4.74 Å². The van der Waals surface area contributed by atoms with E-state index in [1.165, 1.54) is 21.9 Å². The minimum atomic E-state index is -3.42. The van der Waals surface area contributed by atoms with Crippen LogP contribution >= 0.6 is 11.3 Å². The van der Waals surface area contributed by atoms with Crippen molar-refractivity contribution in [1.82, 2.24) is 24.1 Å². The van der Waals surface area contributed by atoms with E-state index in [0.29, 0.717) is 32.0 Å². The monoisotopic (exact) mass is 393 g/mol. The highest BCUT2D eigenvalue weighted by atomic mass is 32.2. The van der Waals surface area contributed by atoms with Crippen LogP contribution in [0.2, 0.25) is 0 Å². The summed E-state index contributed by atoms with van der Waals surface area (Å²) in [5.41, 5.74) is 0.884. The van der Waals surface area contributed by atoms with Gasteiger partial charge in [-0.25, -0.2) is 13.4 Å². The highest BCUT2D eigenvalue weighted by Gasteiger charge is 2.24. The normalized spacial score (nSPS) is 15.3. The van der Waals surface area contributed by atoms with Crippen LogP contribution in [0.15, 0.2) is 24.3 Å². The molecule has 0 atom stereocenters. The lowest BCUT2D eigenvalue weighted by molar-refractivity contribution is 0.139. The van der Waals surface area contributed by atoms with E-state index >= 15 is 0 Å². The first-order valence-electron chi connectivity index (χ1n) is 8.29. The molecule has 138 valence electrons. The molecule has 0 saturated heterocycles. The Morgan fingerprint density at radius 2 is 2.08 bits per heavy atom. The number of thiazole rings is 1. The van der Waals surface area contributed by atoms with Gasteiger partial charge >= 0.3 is 0 Å². The zero-order valence-electron chi connectivity index (χ0n) is 14.3. The van der Waals surface area contributed by atoms with E-state index in [0.717, 1.165) is 21.0 Å². The minimum absolute atomic E-state index is 0.168.